The average Bonchev–Trinajstić information content (AvgIpc) is 2.55. The number of nitrogens with one attached hydrogen (secondary N) is 1. The van der Waals surface area contributed by atoms with Crippen LogP contribution >= 0.6 is 31.9 Å². The summed E-state index contributed by atoms with van der Waals surface area (Å²) in [5.41, 5.74) is 1.79. The minimum Gasteiger partial charge on any atom is -0.445 e. The molecule has 0 unspecified atom stereocenters. The Hall–Kier alpha value is -1.66. The molecular formula is C18H16Br2FNO2. The Balaban J connectivity index is 1.72. The maximum Gasteiger partial charge on any atom is 0.407 e. The predicted octanol–water partition coefficient (Wildman–Crippen LogP) is 5.68. The lowest BCUT2D eigenvalue weighted by atomic mass is 10.2. The van der Waals surface area contributed by atoms with Gasteiger partial charge in [-0.2, -0.15) is 0 Å². The predicted molar refractivity (Wildman–Crippen MR) is 100 cm³/mol. The van der Waals surface area contributed by atoms with E-state index in [2.05, 4.69) is 37.2 Å². The summed E-state index contributed by atoms with van der Waals surface area (Å²) in [7, 11) is 0. The van der Waals surface area contributed by atoms with Crippen molar-refractivity contribution in [1.82, 2.24) is 5.32 Å². The normalized spacial score (nSPS) is 10.8. The highest BCUT2D eigenvalue weighted by Gasteiger charge is 2.05. The number of hydrogen-bond donors (Lipinski definition) is 1. The molecule has 0 heterocycles. The van der Waals surface area contributed by atoms with Gasteiger partial charge in [0.05, 0.1) is 0 Å². The van der Waals surface area contributed by atoms with Crippen LogP contribution in [0.3, 0.4) is 0 Å². The molecule has 1 amide bonds. The van der Waals surface area contributed by atoms with Crippen LogP contribution < -0.4 is 5.32 Å². The number of carbonyl (C=O) groups excluding carboxylic acids is 1. The zero-order valence-corrected chi connectivity index (χ0v) is 15.9. The van der Waals surface area contributed by atoms with Gasteiger partial charge in [0.15, 0.2) is 0 Å². The van der Waals surface area contributed by atoms with E-state index in [0.717, 1.165) is 11.1 Å². The molecule has 0 spiro atoms. The second kappa shape index (κ2) is 9.59. The maximum atomic E-state index is 13.2. The number of ether oxygens (including phenoxy) is 1. The van der Waals surface area contributed by atoms with Crippen molar-refractivity contribution in [3.05, 3.63) is 74.4 Å². The van der Waals surface area contributed by atoms with Crippen LogP contribution in [-0.2, 0) is 11.3 Å². The molecule has 6 heteroatoms. The summed E-state index contributed by atoms with van der Waals surface area (Å²) in [6.07, 6.45) is 3.96. The van der Waals surface area contributed by atoms with Crippen molar-refractivity contribution in [1.29, 1.82) is 0 Å². The second-order valence-electron chi connectivity index (χ2n) is 4.96. The Morgan fingerprint density at radius 1 is 1.17 bits per heavy atom. The first-order chi connectivity index (χ1) is 11.6. The van der Waals surface area contributed by atoms with Crippen molar-refractivity contribution in [3.63, 3.8) is 0 Å². The van der Waals surface area contributed by atoms with Crippen LogP contribution in [0.15, 0.2) is 57.5 Å². The molecule has 0 aliphatic rings. The third-order valence-electron chi connectivity index (χ3n) is 3.12. The van der Waals surface area contributed by atoms with E-state index in [1.807, 2.05) is 42.5 Å². The molecule has 2 aromatic carbocycles. The third-order valence-corrected chi connectivity index (χ3v) is 4.43. The third kappa shape index (κ3) is 6.09. The first-order valence-corrected chi connectivity index (χ1v) is 8.90. The van der Waals surface area contributed by atoms with Crippen molar-refractivity contribution in [2.45, 2.75) is 13.0 Å². The molecule has 126 valence electrons. The molecule has 0 aliphatic carbocycles. The Bertz CT molecular complexity index is 697. The van der Waals surface area contributed by atoms with Gasteiger partial charge in [0.1, 0.15) is 12.4 Å². The van der Waals surface area contributed by atoms with E-state index in [4.69, 9.17) is 4.74 Å². The fourth-order valence-electron chi connectivity index (χ4n) is 1.95. The number of halogens is 3. The van der Waals surface area contributed by atoms with Crippen LogP contribution in [0.4, 0.5) is 9.18 Å². The number of benzene rings is 2. The van der Waals surface area contributed by atoms with Crippen molar-refractivity contribution in [2.75, 3.05) is 6.54 Å². The highest BCUT2D eigenvalue weighted by molar-refractivity contribution is 9.11. The van der Waals surface area contributed by atoms with Crippen molar-refractivity contribution < 1.29 is 13.9 Å². The molecule has 2 aromatic rings. The van der Waals surface area contributed by atoms with Gasteiger partial charge in [0.25, 0.3) is 0 Å². The number of amides is 1. The first-order valence-electron chi connectivity index (χ1n) is 7.32. The lowest BCUT2D eigenvalue weighted by molar-refractivity contribution is 0.140. The van der Waals surface area contributed by atoms with E-state index >= 15 is 0 Å². The van der Waals surface area contributed by atoms with Crippen LogP contribution in [0.1, 0.15) is 17.5 Å². The van der Waals surface area contributed by atoms with Crippen molar-refractivity contribution in [3.8, 4) is 0 Å². The zero-order valence-electron chi connectivity index (χ0n) is 12.8. The van der Waals surface area contributed by atoms with Gasteiger partial charge in [-0.05, 0) is 24.1 Å². The summed E-state index contributed by atoms with van der Waals surface area (Å²) in [5.74, 6) is -0.311. The van der Waals surface area contributed by atoms with Gasteiger partial charge in [-0.15, -0.1) is 0 Å². The number of hydrogen-bond acceptors (Lipinski definition) is 2. The lowest BCUT2D eigenvalue weighted by Gasteiger charge is -2.06. The maximum absolute atomic E-state index is 13.2. The fraction of sp³-hybridized carbons (Fsp3) is 0.167. The van der Waals surface area contributed by atoms with E-state index < -0.39 is 6.09 Å². The molecule has 24 heavy (non-hydrogen) atoms. The monoisotopic (exact) mass is 455 g/mol. The Kier molecular flexibility index (Phi) is 7.46. The van der Waals surface area contributed by atoms with E-state index in [9.17, 15) is 9.18 Å². The van der Waals surface area contributed by atoms with Gasteiger partial charge in [0.2, 0.25) is 0 Å². The largest absolute Gasteiger partial charge is 0.445 e. The summed E-state index contributed by atoms with van der Waals surface area (Å²) in [4.78, 5) is 11.6. The van der Waals surface area contributed by atoms with E-state index in [-0.39, 0.29) is 12.4 Å². The summed E-state index contributed by atoms with van der Waals surface area (Å²) in [6.45, 7) is 0.707. The Morgan fingerprint density at radius 3 is 2.50 bits per heavy atom. The SMILES string of the molecule is O=C(NCCC=Cc1c(Br)cc(F)cc1Br)OCc1ccccc1. The molecular weight excluding hydrogens is 441 g/mol. The standard InChI is InChI=1S/C18H16Br2FNO2/c19-16-10-14(21)11-17(20)15(16)8-4-5-9-22-18(23)24-12-13-6-2-1-3-7-13/h1-4,6-8,10-11H,5,9,12H2,(H,22,23). The molecule has 0 radical (unpaired) electrons. The van der Waals surface area contributed by atoms with Gasteiger partial charge >= 0.3 is 6.09 Å². The van der Waals surface area contributed by atoms with E-state index in [0.29, 0.717) is 21.9 Å². The highest BCUT2D eigenvalue weighted by atomic mass is 79.9. The van der Waals surface area contributed by atoms with Crippen LogP contribution in [0, 0.1) is 5.82 Å². The smallest absolute Gasteiger partial charge is 0.407 e. The quantitative estimate of drug-likeness (QED) is 0.567. The highest BCUT2D eigenvalue weighted by Crippen LogP contribution is 2.28. The molecule has 0 aliphatic heterocycles. The van der Waals surface area contributed by atoms with Gasteiger partial charge in [-0.3, -0.25) is 0 Å². The number of carbonyl (C=O) groups is 1. The van der Waals surface area contributed by atoms with Crippen LogP contribution in [0.5, 0.6) is 0 Å². The minimum atomic E-state index is -0.448. The molecule has 0 saturated carbocycles. The molecule has 3 nitrogen and oxygen atoms in total. The molecule has 0 saturated heterocycles. The molecule has 2 rings (SSSR count). The van der Waals surface area contributed by atoms with Gasteiger partial charge < -0.3 is 10.1 Å². The molecule has 0 aromatic heterocycles. The summed E-state index contributed by atoms with van der Waals surface area (Å²) in [6, 6.07) is 12.3. The Morgan fingerprint density at radius 2 is 1.83 bits per heavy atom. The first kappa shape index (κ1) is 18.7. The van der Waals surface area contributed by atoms with Gasteiger partial charge in [0, 0.05) is 21.1 Å². The van der Waals surface area contributed by atoms with Crippen molar-refractivity contribution >= 4 is 44.0 Å². The lowest BCUT2D eigenvalue weighted by Crippen LogP contribution is -2.24. The topological polar surface area (TPSA) is 38.3 Å². The van der Waals surface area contributed by atoms with Crippen molar-refractivity contribution in [2.24, 2.45) is 0 Å². The van der Waals surface area contributed by atoms with Crippen LogP contribution in [0.2, 0.25) is 0 Å². The Labute approximate surface area is 157 Å². The average molecular weight is 457 g/mol. The van der Waals surface area contributed by atoms with Gasteiger partial charge in [-0.25, -0.2) is 9.18 Å². The van der Waals surface area contributed by atoms with E-state index in [1.165, 1.54) is 12.1 Å². The number of rotatable bonds is 6. The molecule has 1 N–H and O–H groups in total. The molecule has 0 bridgehead atoms. The minimum absolute atomic E-state index is 0.248. The molecule has 0 atom stereocenters. The fourth-order valence-corrected chi connectivity index (χ4v) is 3.34. The zero-order chi connectivity index (χ0) is 17.4. The number of alkyl carbamates (subject to hydrolysis) is 1. The van der Waals surface area contributed by atoms with Crippen LogP contribution in [-0.4, -0.2) is 12.6 Å². The van der Waals surface area contributed by atoms with Crippen LogP contribution in [0.25, 0.3) is 6.08 Å². The van der Waals surface area contributed by atoms with Gasteiger partial charge in [-0.1, -0.05) is 74.3 Å². The summed E-state index contributed by atoms with van der Waals surface area (Å²) >= 11 is 6.64. The summed E-state index contributed by atoms with van der Waals surface area (Å²) in [5, 5.41) is 2.68. The molecule has 0 fully saturated rings. The second-order valence-corrected chi connectivity index (χ2v) is 6.67. The van der Waals surface area contributed by atoms with E-state index in [1.54, 1.807) is 0 Å². The summed E-state index contributed by atoms with van der Waals surface area (Å²) < 4.78 is 19.6.